The molecule has 0 radical (unpaired) electrons. The van der Waals surface area contributed by atoms with Crippen molar-refractivity contribution in [2.75, 3.05) is 13.1 Å². The van der Waals surface area contributed by atoms with E-state index in [4.69, 9.17) is 0 Å². The topological polar surface area (TPSA) is 60.4 Å². The number of nitrogens with zero attached hydrogens (tertiary/aromatic N) is 1. The molecule has 0 bridgehead atoms. The summed E-state index contributed by atoms with van der Waals surface area (Å²) in [5.74, 6) is -2.37. The van der Waals surface area contributed by atoms with Crippen molar-refractivity contribution in [2.45, 2.75) is 19.3 Å². The fourth-order valence-corrected chi connectivity index (χ4v) is 3.37. The summed E-state index contributed by atoms with van der Waals surface area (Å²) in [5.41, 5.74) is 2.43. The first-order valence-corrected chi connectivity index (χ1v) is 8.06. The molecule has 1 aromatic rings. The van der Waals surface area contributed by atoms with Crippen LogP contribution in [0.15, 0.2) is 48.6 Å². The second-order valence-corrected chi connectivity index (χ2v) is 6.10. The van der Waals surface area contributed by atoms with Crippen LogP contribution in [0.4, 0.5) is 0 Å². The van der Waals surface area contributed by atoms with Crippen LogP contribution >= 0.6 is 0 Å². The van der Waals surface area contributed by atoms with E-state index in [-0.39, 0.29) is 5.91 Å². The zero-order chi connectivity index (χ0) is 16.2. The molecule has 0 saturated carbocycles. The van der Waals surface area contributed by atoms with Gasteiger partial charge in [0.05, 0.1) is 0 Å². The fraction of sp³-hybridized carbons (Fsp3) is 0.368. The minimum atomic E-state index is -1.12. The zero-order valence-corrected chi connectivity index (χ0v) is 13.0. The summed E-state index contributed by atoms with van der Waals surface area (Å²) in [6.07, 6.45) is 7.48. The largest absolute Gasteiger partial charge is 0.550 e. The number of amides is 1. The first kappa shape index (κ1) is 15.5. The van der Waals surface area contributed by atoms with E-state index in [2.05, 4.69) is 18.2 Å². The summed E-state index contributed by atoms with van der Waals surface area (Å²) in [6.45, 7) is 1.18. The number of carbonyl (C=O) groups is 2. The highest BCUT2D eigenvalue weighted by Gasteiger charge is 2.33. The third-order valence-electron chi connectivity index (χ3n) is 4.72. The lowest BCUT2D eigenvalue weighted by Gasteiger charge is -2.34. The van der Waals surface area contributed by atoms with E-state index in [1.807, 2.05) is 30.4 Å². The molecule has 0 N–H and O–H groups in total. The maximum atomic E-state index is 12.7. The number of rotatable bonds is 3. The van der Waals surface area contributed by atoms with Gasteiger partial charge >= 0.3 is 0 Å². The van der Waals surface area contributed by atoms with Gasteiger partial charge in [-0.1, -0.05) is 48.6 Å². The van der Waals surface area contributed by atoms with E-state index in [0.29, 0.717) is 25.9 Å². The summed E-state index contributed by atoms with van der Waals surface area (Å²) < 4.78 is 0. The first-order valence-electron chi connectivity index (χ1n) is 8.06. The van der Waals surface area contributed by atoms with E-state index in [1.54, 1.807) is 4.90 Å². The Morgan fingerprint density at radius 2 is 1.74 bits per heavy atom. The number of benzene rings is 1. The fourth-order valence-electron chi connectivity index (χ4n) is 3.37. The minimum Gasteiger partial charge on any atom is -0.550 e. The standard InChI is InChI=1S/C19H21NO3/c21-18(16-8-4-5-9-17(16)19(22)23)20-12-10-15(11-13-20)14-6-2-1-3-7-14/h1-7,10,16-17H,8-9,11-13H2,(H,22,23)/p-1/t16-,17-/m1/s1. The molecular formula is C19H20NO3-. The van der Waals surface area contributed by atoms with Crippen LogP contribution in [0.2, 0.25) is 0 Å². The van der Waals surface area contributed by atoms with Crippen LogP contribution < -0.4 is 5.11 Å². The van der Waals surface area contributed by atoms with Gasteiger partial charge in [-0.2, -0.15) is 0 Å². The summed E-state index contributed by atoms with van der Waals surface area (Å²) in [4.78, 5) is 25.7. The highest BCUT2D eigenvalue weighted by atomic mass is 16.4. The van der Waals surface area contributed by atoms with Crippen molar-refractivity contribution >= 4 is 17.4 Å². The highest BCUT2D eigenvalue weighted by molar-refractivity contribution is 5.85. The Morgan fingerprint density at radius 3 is 2.35 bits per heavy atom. The molecule has 2 atom stereocenters. The lowest BCUT2D eigenvalue weighted by atomic mass is 9.82. The van der Waals surface area contributed by atoms with E-state index in [9.17, 15) is 14.7 Å². The lowest BCUT2D eigenvalue weighted by molar-refractivity contribution is -0.313. The molecule has 4 heteroatoms. The van der Waals surface area contributed by atoms with Crippen molar-refractivity contribution in [1.82, 2.24) is 4.90 Å². The second kappa shape index (κ2) is 6.82. The molecule has 0 unspecified atom stereocenters. The SMILES string of the molecule is O=C([O-])[C@@H]1CC=CC[C@H]1C(=O)N1CC=C(c2ccccc2)CC1. The van der Waals surface area contributed by atoms with E-state index >= 15 is 0 Å². The van der Waals surface area contributed by atoms with Crippen molar-refractivity contribution < 1.29 is 14.7 Å². The van der Waals surface area contributed by atoms with Gasteiger partial charge in [0.2, 0.25) is 5.91 Å². The molecule has 23 heavy (non-hydrogen) atoms. The summed E-state index contributed by atoms with van der Waals surface area (Å²) >= 11 is 0. The van der Waals surface area contributed by atoms with Crippen LogP contribution in [0, 0.1) is 11.8 Å². The van der Waals surface area contributed by atoms with Gasteiger partial charge in [-0.05, 0) is 30.4 Å². The average molecular weight is 310 g/mol. The van der Waals surface area contributed by atoms with Crippen molar-refractivity contribution in [3.05, 3.63) is 54.1 Å². The molecule has 0 aromatic heterocycles. The van der Waals surface area contributed by atoms with Gasteiger partial charge in [0.25, 0.3) is 0 Å². The molecule has 0 spiro atoms. The average Bonchev–Trinajstić information content (AvgIpc) is 2.62. The van der Waals surface area contributed by atoms with Gasteiger partial charge in [0.15, 0.2) is 0 Å². The van der Waals surface area contributed by atoms with Crippen LogP contribution in [0.25, 0.3) is 5.57 Å². The molecule has 120 valence electrons. The zero-order valence-electron chi connectivity index (χ0n) is 13.0. The normalized spacial score (nSPS) is 24.2. The van der Waals surface area contributed by atoms with E-state index in [1.165, 1.54) is 11.1 Å². The maximum absolute atomic E-state index is 12.7. The van der Waals surface area contributed by atoms with Crippen LogP contribution in [-0.4, -0.2) is 29.9 Å². The van der Waals surface area contributed by atoms with Gasteiger partial charge in [-0.25, -0.2) is 0 Å². The Morgan fingerprint density at radius 1 is 1.04 bits per heavy atom. The predicted octanol–water partition coefficient (Wildman–Crippen LogP) is 1.63. The number of carboxylic acid groups (broad SMARTS) is 1. The monoisotopic (exact) mass is 310 g/mol. The molecule has 1 aliphatic heterocycles. The summed E-state index contributed by atoms with van der Waals surface area (Å²) in [7, 11) is 0. The molecular weight excluding hydrogens is 290 g/mol. The Labute approximate surface area is 136 Å². The first-order chi connectivity index (χ1) is 11.2. The van der Waals surface area contributed by atoms with Gasteiger partial charge in [0.1, 0.15) is 0 Å². The van der Waals surface area contributed by atoms with E-state index in [0.717, 1.165) is 6.42 Å². The molecule has 4 nitrogen and oxygen atoms in total. The Balaban J connectivity index is 1.69. The second-order valence-electron chi connectivity index (χ2n) is 6.10. The number of hydrogen-bond acceptors (Lipinski definition) is 3. The molecule has 1 heterocycles. The lowest BCUT2D eigenvalue weighted by Crippen LogP contribution is -2.46. The van der Waals surface area contributed by atoms with Gasteiger partial charge < -0.3 is 14.8 Å². The van der Waals surface area contributed by atoms with Crippen molar-refractivity contribution in [2.24, 2.45) is 11.8 Å². The van der Waals surface area contributed by atoms with Gasteiger partial charge in [-0.3, -0.25) is 4.79 Å². The number of carboxylic acids is 1. The van der Waals surface area contributed by atoms with Crippen LogP contribution in [0.5, 0.6) is 0 Å². The summed E-state index contributed by atoms with van der Waals surface area (Å²) in [6, 6.07) is 10.1. The smallest absolute Gasteiger partial charge is 0.226 e. The Bertz CT molecular complexity index is 648. The molecule has 2 aliphatic rings. The third-order valence-corrected chi connectivity index (χ3v) is 4.72. The van der Waals surface area contributed by atoms with Crippen LogP contribution in [0.3, 0.4) is 0 Å². The highest BCUT2D eigenvalue weighted by Crippen LogP contribution is 2.29. The Hall–Kier alpha value is -2.36. The predicted molar refractivity (Wildman–Crippen MR) is 86.0 cm³/mol. The van der Waals surface area contributed by atoms with Gasteiger partial charge in [0, 0.05) is 30.9 Å². The summed E-state index contributed by atoms with van der Waals surface area (Å²) in [5, 5.41) is 11.3. The third kappa shape index (κ3) is 3.36. The molecule has 1 aromatic carbocycles. The number of hydrogen-bond donors (Lipinski definition) is 0. The van der Waals surface area contributed by atoms with E-state index < -0.39 is 17.8 Å². The van der Waals surface area contributed by atoms with Crippen molar-refractivity contribution in [1.29, 1.82) is 0 Å². The van der Waals surface area contributed by atoms with Crippen molar-refractivity contribution in [3.63, 3.8) is 0 Å². The minimum absolute atomic E-state index is 0.0630. The molecule has 1 amide bonds. The molecule has 0 fully saturated rings. The molecule has 1 aliphatic carbocycles. The van der Waals surface area contributed by atoms with Crippen molar-refractivity contribution in [3.8, 4) is 0 Å². The number of aliphatic carboxylic acids is 1. The van der Waals surface area contributed by atoms with Gasteiger partial charge in [-0.15, -0.1) is 0 Å². The number of carbonyl (C=O) groups excluding carboxylic acids is 2. The number of allylic oxidation sites excluding steroid dienone is 2. The molecule has 0 saturated heterocycles. The molecule has 3 rings (SSSR count). The Kier molecular flexibility index (Phi) is 4.60. The van der Waals surface area contributed by atoms with Crippen LogP contribution in [-0.2, 0) is 9.59 Å². The maximum Gasteiger partial charge on any atom is 0.226 e. The quantitative estimate of drug-likeness (QED) is 0.797. The van der Waals surface area contributed by atoms with Crippen LogP contribution in [0.1, 0.15) is 24.8 Å².